The van der Waals surface area contributed by atoms with Crippen molar-refractivity contribution >= 4 is 27.5 Å². The van der Waals surface area contributed by atoms with Gasteiger partial charge in [0.2, 0.25) is 0 Å². The Labute approximate surface area is 114 Å². The van der Waals surface area contributed by atoms with Crippen molar-refractivity contribution < 1.29 is 9.90 Å². The minimum Gasteiger partial charge on any atom is -0.477 e. The van der Waals surface area contributed by atoms with Gasteiger partial charge in [0, 0.05) is 4.88 Å². The molecule has 2 aromatic heterocycles. The Hall–Kier alpha value is -2.07. The van der Waals surface area contributed by atoms with Crippen LogP contribution in [0.5, 0.6) is 0 Å². The third kappa shape index (κ3) is 2.53. The number of aromatic amines is 1. The van der Waals surface area contributed by atoms with Gasteiger partial charge in [-0.15, -0.1) is 11.3 Å². The van der Waals surface area contributed by atoms with Crippen LogP contribution >= 0.6 is 11.3 Å². The summed E-state index contributed by atoms with van der Waals surface area (Å²) in [7, 11) is 0. The van der Waals surface area contributed by atoms with Crippen molar-refractivity contribution in [1.29, 1.82) is 0 Å². The highest BCUT2D eigenvalue weighted by molar-refractivity contribution is 7.19. The number of carbonyl (C=O) groups is 1. The number of rotatable bonds is 4. The van der Waals surface area contributed by atoms with Crippen molar-refractivity contribution in [3.8, 4) is 0 Å². The quantitative estimate of drug-likeness (QED) is 0.760. The first kappa shape index (κ1) is 12.0. The van der Waals surface area contributed by atoms with Gasteiger partial charge in [-0.25, -0.2) is 4.79 Å². The molecule has 3 rings (SSSR count). The van der Waals surface area contributed by atoms with E-state index < -0.39 is 5.97 Å². The van der Waals surface area contributed by atoms with Crippen LogP contribution in [0.25, 0.3) is 10.2 Å². The summed E-state index contributed by atoms with van der Waals surface area (Å²) in [5.41, 5.74) is 2.51. The van der Waals surface area contributed by atoms with Crippen LogP contribution in [0, 0.1) is 0 Å². The fraction of sp³-hybridized carbons (Fsp3) is 0.133. The zero-order valence-corrected chi connectivity index (χ0v) is 11.0. The Balaban J connectivity index is 1.75. The topological polar surface area (TPSA) is 53.1 Å². The molecule has 3 nitrogen and oxygen atoms in total. The predicted molar refractivity (Wildman–Crippen MR) is 77.0 cm³/mol. The number of nitrogens with one attached hydrogen (secondary N) is 1. The van der Waals surface area contributed by atoms with Crippen LogP contribution in [0.1, 0.15) is 20.9 Å². The Morgan fingerprint density at radius 3 is 2.63 bits per heavy atom. The minimum atomic E-state index is -0.908. The molecule has 4 heteroatoms. The number of aromatic carboxylic acids is 1. The molecule has 0 aliphatic carbocycles. The highest BCUT2D eigenvalue weighted by atomic mass is 32.1. The zero-order valence-electron chi connectivity index (χ0n) is 10.2. The normalized spacial score (nSPS) is 10.9. The van der Waals surface area contributed by atoms with E-state index in [1.807, 2.05) is 18.2 Å². The second-order valence-electron chi connectivity index (χ2n) is 4.46. The molecule has 0 atom stereocenters. The van der Waals surface area contributed by atoms with Crippen molar-refractivity contribution in [2.75, 3.05) is 0 Å². The summed E-state index contributed by atoms with van der Waals surface area (Å²) in [5.74, 6) is -0.908. The number of aromatic nitrogens is 1. The van der Waals surface area contributed by atoms with Crippen LogP contribution in [0.3, 0.4) is 0 Å². The average molecular weight is 271 g/mol. The molecule has 96 valence electrons. The van der Waals surface area contributed by atoms with Gasteiger partial charge >= 0.3 is 5.97 Å². The third-order valence-electron chi connectivity index (χ3n) is 3.09. The molecule has 0 amide bonds. The second kappa shape index (κ2) is 4.90. The lowest BCUT2D eigenvalue weighted by Gasteiger charge is -1.98. The van der Waals surface area contributed by atoms with Crippen molar-refractivity contribution in [3.63, 3.8) is 0 Å². The molecule has 3 aromatic rings. The SMILES string of the molecule is O=C(O)c1cc2sc(CCc3ccccc3)cc2[nH]1. The van der Waals surface area contributed by atoms with E-state index in [2.05, 4.69) is 23.2 Å². The fourth-order valence-corrected chi connectivity index (χ4v) is 3.19. The van der Waals surface area contributed by atoms with Gasteiger partial charge in [-0.05, 0) is 30.5 Å². The Kier molecular flexibility index (Phi) is 3.09. The number of H-pyrrole nitrogens is 1. The summed E-state index contributed by atoms with van der Waals surface area (Å²) < 4.78 is 1.01. The summed E-state index contributed by atoms with van der Waals surface area (Å²) in [4.78, 5) is 15.0. The highest BCUT2D eigenvalue weighted by Crippen LogP contribution is 2.27. The lowest BCUT2D eigenvalue weighted by atomic mass is 10.1. The van der Waals surface area contributed by atoms with E-state index in [-0.39, 0.29) is 5.69 Å². The Morgan fingerprint density at radius 2 is 1.95 bits per heavy atom. The molecule has 0 saturated heterocycles. The molecule has 0 fully saturated rings. The van der Waals surface area contributed by atoms with Gasteiger partial charge in [-0.2, -0.15) is 0 Å². The number of carboxylic acids is 1. The maximum absolute atomic E-state index is 10.8. The smallest absolute Gasteiger partial charge is 0.352 e. The average Bonchev–Trinajstić information content (AvgIpc) is 2.95. The molecule has 0 spiro atoms. The Morgan fingerprint density at radius 1 is 1.16 bits per heavy atom. The molecular formula is C15H13NO2S. The summed E-state index contributed by atoms with van der Waals surface area (Å²) in [6.07, 6.45) is 2.00. The maximum Gasteiger partial charge on any atom is 0.352 e. The second-order valence-corrected chi connectivity index (χ2v) is 5.63. The molecule has 0 saturated carbocycles. The number of hydrogen-bond acceptors (Lipinski definition) is 2. The van der Waals surface area contributed by atoms with Gasteiger partial charge in [0.05, 0.1) is 10.2 Å². The third-order valence-corrected chi connectivity index (χ3v) is 4.23. The minimum absolute atomic E-state index is 0.260. The fourth-order valence-electron chi connectivity index (χ4n) is 2.13. The van der Waals surface area contributed by atoms with E-state index in [1.165, 1.54) is 10.4 Å². The largest absolute Gasteiger partial charge is 0.477 e. The van der Waals surface area contributed by atoms with E-state index in [1.54, 1.807) is 17.4 Å². The van der Waals surface area contributed by atoms with E-state index in [9.17, 15) is 4.79 Å². The van der Waals surface area contributed by atoms with Crippen LogP contribution < -0.4 is 0 Å². The summed E-state index contributed by atoms with van der Waals surface area (Å²) in [5, 5.41) is 8.90. The molecule has 0 aliphatic rings. The van der Waals surface area contributed by atoms with Gasteiger partial charge < -0.3 is 10.1 Å². The molecular weight excluding hydrogens is 258 g/mol. The Bertz CT molecular complexity index is 681. The van der Waals surface area contributed by atoms with Gasteiger partial charge in [-0.1, -0.05) is 30.3 Å². The van der Waals surface area contributed by atoms with E-state index in [4.69, 9.17) is 5.11 Å². The molecule has 0 aliphatic heterocycles. The van der Waals surface area contributed by atoms with Crippen LogP contribution in [0.4, 0.5) is 0 Å². The lowest BCUT2D eigenvalue weighted by molar-refractivity contribution is 0.0691. The van der Waals surface area contributed by atoms with Gasteiger partial charge in [0.15, 0.2) is 0 Å². The van der Waals surface area contributed by atoms with Crippen molar-refractivity contribution in [3.05, 3.63) is 58.6 Å². The molecule has 19 heavy (non-hydrogen) atoms. The van der Waals surface area contributed by atoms with E-state index >= 15 is 0 Å². The van der Waals surface area contributed by atoms with Crippen molar-refractivity contribution in [2.24, 2.45) is 0 Å². The van der Waals surface area contributed by atoms with Crippen LogP contribution in [-0.4, -0.2) is 16.1 Å². The summed E-state index contributed by atoms with van der Waals surface area (Å²) >= 11 is 1.66. The first-order valence-corrected chi connectivity index (χ1v) is 6.92. The predicted octanol–water partition coefficient (Wildman–Crippen LogP) is 3.71. The molecule has 0 radical (unpaired) electrons. The molecule has 0 bridgehead atoms. The van der Waals surface area contributed by atoms with Crippen LogP contribution in [0.15, 0.2) is 42.5 Å². The zero-order chi connectivity index (χ0) is 13.2. The van der Waals surface area contributed by atoms with Crippen molar-refractivity contribution in [1.82, 2.24) is 4.98 Å². The first-order valence-electron chi connectivity index (χ1n) is 6.11. The maximum atomic E-state index is 10.8. The van der Waals surface area contributed by atoms with Gasteiger partial charge in [0.1, 0.15) is 5.69 Å². The first-order chi connectivity index (χ1) is 9.22. The van der Waals surface area contributed by atoms with Crippen LogP contribution in [-0.2, 0) is 12.8 Å². The number of thiophene rings is 1. The number of hydrogen-bond donors (Lipinski definition) is 2. The van der Waals surface area contributed by atoms with E-state index in [0.29, 0.717) is 0 Å². The number of fused-ring (bicyclic) bond motifs is 1. The summed E-state index contributed by atoms with van der Waals surface area (Å²) in [6.45, 7) is 0. The molecule has 1 aromatic carbocycles. The number of aryl methyl sites for hydroxylation is 2. The number of carboxylic acid groups (broad SMARTS) is 1. The standard InChI is InChI=1S/C15H13NO2S/c17-15(18)13-9-14-12(16-13)8-11(19-14)7-6-10-4-2-1-3-5-10/h1-5,8-9,16H,6-7H2,(H,17,18). The van der Waals surface area contributed by atoms with Crippen LogP contribution in [0.2, 0.25) is 0 Å². The number of benzene rings is 1. The van der Waals surface area contributed by atoms with E-state index in [0.717, 1.165) is 23.1 Å². The molecule has 2 heterocycles. The molecule has 2 N–H and O–H groups in total. The van der Waals surface area contributed by atoms with Crippen molar-refractivity contribution in [2.45, 2.75) is 12.8 Å². The highest BCUT2D eigenvalue weighted by Gasteiger charge is 2.10. The summed E-state index contributed by atoms with van der Waals surface area (Å²) in [6, 6.07) is 14.1. The van der Waals surface area contributed by atoms with Gasteiger partial charge in [0.25, 0.3) is 0 Å². The molecule has 0 unspecified atom stereocenters. The lowest BCUT2D eigenvalue weighted by Crippen LogP contribution is -1.95. The monoisotopic (exact) mass is 271 g/mol. The van der Waals surface area contributed by atoms with Gasteiger partial charge in [-0.3, -0.25) is 0 Å².